The number of carbonyl (C=O) groups is 1. The van der Waals surface area contributed by atoms with Gasteiger partial charge in [0.1, 0.15) is 5.58 Å². The van der Waals surface area contributed by atoms with Crippen LogP contribution in [0.4, 0.5) is 0 Å². The summed E-state index contributed by atoms with van der Waals surface area (Å²) in [5, 5.41) is 28.1. The molecule has 3 rings (SSSR count). The maximum Gasteiger partial charge on any atom is 0.341 e. The van der Waals surface area contributed by atoms with Crippen molar-refractivity contribution >= 4 is 16.9 Å². The number of carboxylic acid groups (broad SMARTS) is 1. The first kappa shape index (κ1) is 15.4. The van der Waals surface area contributed by atoms with Crippen molar-refractivity contribution in [3.05, 3.63) is 52.7 Å². The van der Waals surface area contributed by atoms with E-state index in [0.717, 1.165) is 0 Å². The standard InChI is InChI=1S/C17H12O7/c18-11-6-5-9(7-12(11)19)16-17(23-8-14(20)21)15(22)10-3-1-2-4-13(10)24-16/h1-7,18-19H,8H2,(H,20,21). The lowest BCUT2D eigenvalue weighted by Crippen LogP contribution is -2.16. The highest BCUT2D eigenvalue weighted by Crippen LogP contribution is 2.35. The third kappa shape index (κ3) is 2.74. The molecule has 0 saturated heterocycles. The number of hydrogen-bond donors (Lipinski definition) is 3. The Morgan fingerprint density at radius 2 is 1.83 bits per heavy atom. The molecule has 0 atom stereocenters. The molecule has 2 aromatic carbocycles. The summed E-state index contributed by atoms with van der Waals surface area (Å²) in [5.74, 6) is -2.30. The van der Waals surface area contributed by atoms with Gasteiger partial charge in [-0.3, -0.25) is 4.79 Å². The first-order valence-electron chi connectivity index (χ1n) is 6.90. The second-order valence-electron chi connectivity index (χ2n) is 4.97. The number of aromatic hydroxyl groups is 2. The molecule has 7 heteroatoms. The SMILES string of the molecule is O=C(O)COc1c(-c2ccc(O)c(O)c2)oc2ccccc2c1=O. The zero-order chi connectivity index (χ0) is 17.3. The lowest BCUT2D eigenvalue weighted by Gasteiger charge is -2.11. The predicted molar refractivity (Wildman–Crippen MR) is 84.4 cm³/mol. The summed E-state index contributed by atoms with van der Waals surface area (Å²) < 4.78 is 10.8. The lowest BCUT2D eigenvalue weighted by molar-refractivity contribution is -0.139. The van der Waals surface area contributed by atoms with Gasteiger partial charge in [0.2, 0.25) is 11.2 Å². The van der Waals surface area contributed by atoms with Crippen molar-refractivity contribution in [1.82, 2.24) is 0 Å². The number of aliphatic carboxylic acids is 1. The zero-order valence-electron chi connectivity index (χ0n) is 12.2. The maximum absolute atomic E-state index is 12.6. The first-order valence-corrected chi connectivity index (χ1v) is 6.90. The van der Waals surface area contributed by atoms with E-state index in [1.807, 2.05) is 0 Å². The fourth-order valence-corrected chi connectivity index (χ4v) is 2.24. The highest BCUT2D eigenvalue weighted by Gasteiger charge is 2.19. The Bertz CT molecular complexity index is 988. The first-order chi connectivity index (χ1) is 11.5. The van der Waals surface area contributed by atoms with Crippen molar-refractivity contribution in [3.63, 3.8) is 0 Å². The average Bonchev–Trinajstić information content (AvgIpc) is 2.56. The molecular formula is C17H12O7. The Kier molecular flexibility index (Phi) is 3.83. The van der Waals surface area contributed by atoms with Crippen molar-refractivity contribution in [2.75, 3.05) is 6.61 Å². The van der Waals surface area contributed by atoms with Gasteiger partial charge < -0.3 is 24.5 Å². The summed E-state index contributed by atoms with van der Waals surface area (Å²) in [4.78, 5) is 23.4. The van der Waals surface area contributed by atoms with E-state index < -0.39 is 23.8 Å². The molecule has 1 heterocycles. The van der Waals surface area contributed by atoms with Gasteiger partial charge in [-0.1, -0.05) is 12.1 Å². The second kappa shape index (κ2) is 5.96. The number of benzene rings is 2. The molecule has 1 aromatic heterocycles. The van der Waals surface area contributed by atoms with Crippen molar-refractivity contribution in [3.8, 4) is 28.6 Å². The number of carboxylic acids is 1. The molecule has 122 valence electrons. The van der Waals surface area contributed by atoms with Crippen LogP contribution < -0.4 is 10.2 Å². The van der Waals surface area contributed by atoms with E-state index in [4.69, 9.17) is 14.3 Å². The van der Waals surface area contributed by atoms with Crippen LogP contribution in [0.15, 0.2) is 51.7 Å². The van der Waals surface area contributed by atoms with E-state index in [9.17, 15) is 19.8 Å². The lowest BCUT2D eigenvalue weighted by atomic mass is 10.1. The van der Waals surface area contributed by atoms with Gasteiger partial charge in [0.25, 0.3) is 0 Å². The minimum atomic E-state index is -1.25. The Hall–Kier alpha value is -3.48. The summed E-state index contributed by atoms with van der Waals surface area (Å²) in [7, 11) is 0. The Labute approximate surface area is 135 Å². The molecule has 0 fully saturated rings. The maximum atomic E-state index is 12.6. The summed E-state index contributed by atoms with van der Waals surface area (Å²) in [5.41, 5.74) is 0.0157. The molecule has 0 aliphatic rings. The normalized spacial score (nSPS) is 10.7. The van der Waals surface area contributed by atoms with Crippen molar-refractivity contribution < 1.29 is 29.3 Å². The third-order valence-electron chi connectivity index (χ3n) is 3.33. The van der Waals surface area contributed by atoms with E-state index in [1.54, 1.807) is 18.2 Å². The van der Waals surface area contributed by atoms with Gasteiger partial charge in [0.05, 0.1) is 5.39 Å². The van der Waals surface area contributed by atoms with E-state index in [2.05, 4.69) is 0 Å². The second-order valence-corrected chi connectivity index (χ2v) is 4.97. The molecule has 3 aromatic rings. The number of phenolic OH excluding ortho intramolecular Hbond substituents is 2. The quantitative estimate of drug-likeness (QED) is 0.629. The van der Waals surface area contributed by atoms with Crippen LogP contribution in [0.3, 0.4) is 0 Å². The van der Waals surface area contributed by atoms with E-state index in [-0.39, 0.29) is 33.8 Å². The largest absolute Gasteiger partial charge is 0.504 e. The fraction of sp³-hybridized carbons (Fsp3) is 0.0588. The number of rotatable bonds is 4. The van der Waals surface area contributed by atoms with E-state index >= 15 is 0 Å². The van der Waals surface area contributed by atoms with Gasteiger partial charge in [-0.15, -0.1) is 0 Å². The van der Waals surface area contributed by atoms with Gasteiger partial charge in [-0.25, -0.2) is 4.79 Å². The average molecular weight is 328 g/mol. The summed E-state index contributed by atoms with van der Waals surface area (Å²) in [6.45, 7) is -0.722. The van der Waals surface area contributed by atoms with E-state index in [0.29, 0.717) is 0 Å². The summed E-state index contributed by atoms with van der Waals surface area (Å²) in [6, 6.07) is 10.3. The van der Waals surface area contributed by atoms with Crippen LogP contribution in [0.1, 0.15) is 0 Å². The molecule has 0 amide bonds. The number of fused-ring (bicyclic) bond motifs is 1. The minimum Gasteiger partial charge on any atom is -0.504 e. The molecule has 0 aliphatic heterocycles. The molecule has 0 unspecified atom stereocenters. The number of ether oxygens (including phenoxy) is 1. The zero-order valence-corrected chi connectivity index (χ0v) is 12.2. The molecule has 0 spiro atoms. The highest BCUT2D eigenvalue weighted by molar-refractivity contribution is 5.82. The predicted octanol–water partition coefficient (Wildman–Crippen LogP) is 2.33. The summed E-state index contributed by atoms with van der Waals surface area (Å²) >= 11 is 0. The highest BCUT2D eigenvalue weighted by atomic mass is 16.5. The fourth-order valence-electron chi connectivity index (χ4n) is 2.24. The number of phenols is 2. The Morgan fingerprint density at radius 1 is 1.08 bits per heavy atom. The molecule has 24 heavy (non-hydrogen) atoms. The van der Waals surface area contributed by atoms with Gasteiger partial charge in [-0.2, -0.15) is 0 Å². The van der Waals surface area contributed by atoms with Gasteiger partial charge in [0, 0.05) is 5.56 Å². The molecular weight excluding hydrogens is 316 g/mol. The topological polar surface area (TPSA) is 117 Å². The van der Waals surface area contributed by atoms with Crippen molar-refractivity contribution in [2.24, 2.45) is 0 Å². The van der Waals surface area contributed by atoms with Gasteiger partial charge in [0.15, 0.2) is 23.9 Å². The van der Waals surface area contributed by atoms with Crippen LogP contribution in [-0.2, 0) is 4.79 Å². The van der Waals surface area contributed by atoms with Crippen LogP contribution in [-0.4, -0.2) is 27.9 Å². The minimum absolute atomic E-state index is 0.0322. The van der Waals surface area contributed by atoms with Gasteiger partial charge >= 0.3 is 5.97 Å². The number of para-hydroxylation sites is 1. The monoisotopic (exact) mass is 328 g/mol. The van der Waals surface area contributed by atoms with Crippen LogP contribution in [0.5, 0.6) is 17.2 Å². The van der Waals surface area contributed by atoms with Crippen LogP contribution in [0.2, 0.25) is 0 Å². The third-order valence-corrected chi connectivity index (χ3v) is 3.33. The Balaban J connectivity index is 2.27. The molecule has 0 radical (unpaired) electrons. The van der Waals surface area contributed by atoms with Crippen molar-refractivity contribution in [1.29, 1.82) is 0 Å². The van der Waals surface area contributed by atoms with Crippen LogP contribution in [0.25, 0.3) is 22.3 Å². The Morgan fingerprint density at radius 3 is 2.54 bits per heavy atom. The molecule has 0 bridgehead atoms. The van der Waals surface area contributed by atoms with Gasteiger partial charge in [-0.05, 0) is 30.3 Å². The summed E-state index contributed by atoms with van der Waals surface area (Å²) in [6.07, 6.45) is 0. The van der Waals surface area contributed by atoms with Crippen LogP contribution >= 0.6 is 0 Å². The van der Waals surface area contributed by atoms with Crippen LogP contribution in [0, 0.1) is 0 Å². The van der Waals surface area contributed by atoms with E-state index in [1.165, 1.54) is 24.3 Å². The molecule has 0 saturated carbocycles. The molecule has 3 N–H and O–H groups in total. The smallest absolute Gasteiger partial charge is 0.341 e. The van der Waals surface area contributed by atoms with Crippen molar-refractivity contribution in [2.45, 2.75) is 0 Å². The molecule has 7 nitrogen and oxygen atoms in total. The molecule has 0 aliphatic carbocycles. The number of hydrogen-bond acceptors (Lipinski definition) is 6.